The highest BCUT2D eigenvalue weighted by molar-refractivity contribution is 5.78. The molecule has 0 saturated carbocycles. The summed E-state index contributed by atoms with van der Waals surface area (Å²) in [6.07, 6.45) is 0. The Kier molecular flexibility index (Phi) is 3.89. The quantitative estimate of drug-likeness (QED) is 0.709. The van der Waals surface area contributed by atoms with Crippen molar-refractivity contribution in [1.29, 1.82) is 0 Å². The number of hydrogen-bond donors (Lipinski definition) is 1. The van der Waals surface area contributed by atoms with Gasteiger partial charge in [0.05, 0.1) is 12.6 Å². The highest BCUT2D eigenvalue weighted by atomic mass is 16.5. The van der Waals surface area contributed by atoms with Gasteiger partial charge in [0.15, 0.2) is 0 Å². The second-order valence-electron chi connectivity index (χ2n) is 4.21. The van der Waals surface area contributed by atoms with Crippen molar-refractivity contribution in [2.75, 3.05) is 19.8 Å². The standard InChI is InChI=1S/C10H20N2O2/c1-7(2)9-5-14-6-10(13)12(9)8(3)4-11/h7-9H,4-6,11H2,1-3H3. The summed E-state index contributed by atoms with van der Waals surface area (Å²) >= 11 is 0. The minimum absolute atomic E-state index is 0.0629. The Balaban J connectivity index is 2.75. The molecule has 14 heavy (non-hydrogen) atoms. The predicted molar refractivity (Wildman–Crippen MR) is 54.8 cm³/mol. The largest absolute Gasteiger partial charge is 0.369 e. The fraction of sp³-hybridized carbons (Fsp3) is 0.900. The van der Waals surface area contributed by atoms with Crippen LogP contribution in [0.5, 0.6) is 0 Å². The number of nitrogens with two attached hydrogens (primary N) is 1. The molecule has 2 N–H and O–H groups in total. The maximum Gasteiger partial charge on any atom is 0.249 e. The van der Waals surface area contributed by atoms with Crippen LogP contribution in [0.1, 0.15) is 20.8 Å². The van der Waals surface area contributed by atoms with Crippen molar-refractivity contribution in [2.45, 2.75) is 32.9 Å². The molecule has 1 heterocycles. The van der Waals surface area contributed by atoms with E-state index in [2.05, 4.69) is 13.8 Å². The molecular weight excluding hydrogens is 180 g/mol. The first-order chi connectivity index (χ1) is 6.57. The number of carbonyl (C=O) groups excluding carboxylic acids is 1. The highest BCUT2D eigenvalue weighted by Gasteiger charge is 2.33. The summed E-state index contributed by atoms with van der Waals surface area (Å²) in [6.45, 7) is 7.53. The molecule has 2 atom stereocenters. The Morgan fingerprint density at radius 1 is 1.57 bits per heavy atom. The molecule has 0 spiro atoms. The van der Waals surface area contributed by atoms with Crippen molar-refractivity contribution in [3.63, 3.8) is 0 Å². The van der Waals surface area contributed by atoms with E-state index in [1.165, 1.54) is 0 Å². The van der Waals surface area contributed by atoms with Gasteiger partial charge in [-0.2, -0.15) is 0 Å². The Hall–Kier alpha value is -0.610. The van der Waals surface area contributed by atoms with Gasteiger partial charge < -0.3 is 15.4 Å². The van der Waals surface area contributed by atoms with E-state index in [1.54, 1.807) is 0 Å². The lowest BCUT2D eigenvalue weighted by Gasteiger charge is -2.41. The second-order valence-corrected chi connectivity index (χ2v) is 4.21. The molecule has 1 amide bonds. The summed E-state index contributed by atoms with van der Waals surface area (Å²) < 4.78 is 5.25. The van der Waals surface area contributed by atoms with Crippen LogP contribution in [0.25, 0.3) is 0 Å². The first-order valence-electron chi connectivity index (χ1n) is 5.17. The minimum Gasteiger partial charge on any atom is -0.369 e. The number of hydrogen-bond acceptors (Lipinski definition) is 3. The van der Waals surface area contributed by atoms with Gasteiger partial charge in [0.2, 0.25) is 5.91 Å². The average Bonchev–Trinajstić information content (AvgIpc) is 2.16. The zero-order valence-corrected chi connectivity index (χ0v) is 9.19. The molecular formula is C10H20N2O2. The predicted octanol–water partition coefficient (Wildman–Crippen LogP) is 0.217. The number of carbonyl (C=O) groups is 1. The molecule has 0 aromatic heterocycles. The third-order valence-electron chi connectivity index (χ3n) is 2.74. The Morgan fingerprint density at radius 2 is 2.21 bits per heavy atom. The zero-order valence-electron chi connectivity index (χ0n) is 9.19. The van der Waals surface area contributed by atoms with E-state index < -0.39 is 0 Å². The number of nitrogens with zero attached hydrogens (tertiary/aromatic N) is 1. The summed E-state index contributed by atoms with van der Waals surface area (Å²) in [5.41, 5.74) is 5.59. The molecule has 1 aliphatic rings. The van der Waals surface area contributed by atoms with E-state index in [-0.39, 0.29) is 24.6 Å². The number of rotatable bonds is 3. The van der Waals surface area contributed by atoms with E-state index in [0.29, 0.717) is 19.1 Å². The molecule has 0 radical (unpaired) electrons. The molecule has 1 aliphatic heterocycles. The molecule has 0 aromatic carbocycles. The molecule has 82 valence electrons. The molecule has 0 aromatic rings. The lowest BCUT2D eigenvalue weighted by Crippen LogP contribution is -2.57. The van der Waals surface area contributed by atoms with Gasteiger partial charge in [-0.05, 0) is 12.8 Å². The van der Waals surface area contributed by atoms with Gasteiger partial charge in [-0.25, -0.2) is 0 Å². The van der Waals surface area contributed by atoms with Gasteiger partial charge in [0.25, 0.3) is 0 Å². The molecule has 1 fully saturated rings. The first-order valence-corrected chi connectivity index (χ1v) is 5.17. The molecule has 1 saturated heterocycles. The van der Waals surface area contributed by atoms with Crippen LogP contribution in [0.3, 0.4) is 0 Å². The smallest absolute Gasteiger partial charge is 0.249 e. The lowest BCUT2D eigenvalue weighted by atomic mass is 10.0. The van der Waals surface area contributed by atoms with Gasteiger partial charge in [-0.1, -0.05) is 13.8 Å². The Labute approximate surface area is 85.4 Å². The minimum atomic E-state index is 0.0629. The average molecular weight is 200 g/mol. The normalized spacial score (nSPS) is 25.6. The van der Waals surface area contributed by atoms with Crippen LogP contribution >= 0.6 is 0 Å². The van der Waals surface area contributed by atoms with Gasteiger partial charge in [0, 0.05) is 12.6 Å². The maximum atomic E-state index is 11.7. The van der Waals surface area contributed by atoms with Crippen LogP contribution in [0, 0.1) is 5.92 Å². The molecule has 4 heteroatoms. The van der Waals surface area contributed by atoms with Crippen molar-refractivity contribution in [2.24, 2.45) is 11.7 Å². The van der Waals surface area contributed by atoms with Crippen molar-refractivity contribution in [3.05, 3.63) is 0 Å². The van der Waals surface area contributed by atoms with Crippen molar-refractivity contribution in [3.8, 4) is 0 Å². The van der Waals surface area contributed by atoms with Crippen molar-refractivity contribution in [1.82, 2.24) is 4.90 Å². The van der Waals surface area contributed by atoms with E-state index in [1.807, 2.05) is 11.8 Å². The SMILES string of the molecule is CC(C)C1COCC(=O)N1C(C)CN. The molecule has 2 unspecified atom stereocenters. The van der Waals surface area contributed by atoms with E-state index >= 15 is 0 Å². The Morgan fingerprint density at radius 3 is 2.71 bits per heavy atom. The van der Waals surface area contributed by atoms with Gasteiger partial charge in [0.1, 0.15) is 6.61 Å². The third-order valence-corrected chi connectivity index (χ3v) is 2.74. The van der Waals surface area contributed by atoms with Crippen LogP contribution in [-0.4, -0.2) is 42.6 Å². The van der Waals surface area contributed by atoms with Gasteiger partial charge in [-0.3, -0.25) is 4.79 Å². The number of morpholine rings is 1. The first kappa shape index (κ1) is 11.5. The lowest BCUT2D eigenvalue weighted by molar-refractivity contribution is -0.153. The van der Waals surface area contributed by atoms with E-state index in [4.69, 9.17) is 10.5 Å². The van der Waals surface area contributed by atoms with E-state index in [0.717, 1.165) is 0 Å². The van der Waals surface area contributed by atoms with Crippen LogP contribution in [-0.2, 0) is 9.53 Å². The fourth-order valence-electron chi connectivity index (χ4n) is 1.81. The summed E-state index contributed by atoms with van der Waals surface area (Å²) in [6, 6.07) is 0.286. The van der Waals surface area contributed by atoms with Crippen LogP contribution in [0.4, 0.5) is 0 Å². The van der Waals surface area contributed by atoms with Gasteiger partial charge >= 0.3 is 0 Å². The third kappa shape index (κ3) is 2.25. The highest BCUT2D eigenvalue weighted by Crippen LogP contribution is 2.18. The molecule has 0 aliphatic carbocycles. The zero-order chi connectivity index (χ0) is 10.7. The monoisotopic (exact) mass is 200 g/mol. The fourth-order valence-corrected chi connectivity index (χ4v) is 1.81. The summed E-state index contributed by atoms with van der Waals surface area (Å²) in [4.78, 5) is 13.5. The topological polar surface area (TPSA) is 55.6 Å². The number of amides is 1. The second kappa shape index (κ2) is 4.75. The molecule has 1 rings (SSSR count). The molecule has 4 nitrogen and oxygen atoms in total. The van der Waals surface area contributed by atoms with Crippen molar-refractivity contribution < 1.29 is 9.53 Å². The summed E-state index contributed by atoms with van der Waals surface area (Å²) in [7, 11) is 0. The van der Waals surface area contributed by atoms with Crippen LogP contribution in [0.2, 0.25) is 0 Å². The van der Waals surface area contributed by atoms with Crippen molar-refractivity contribution >= 4 is 5.91 Å². The summed E-state index contributed by atoms with van der Waals surface area (Å²) in [5.74, 6) is 0.473. The van der Waals surface area contributed by atoms with Gasteiger partial charge in [-0.15, -0.1) is 0 Å². The Bertz CT molecular complexity index is 206. The van der Waals surface area contributed by atoms with Crippen LogP contribution in [0.15, 0.2) is 0 Å². The number of ether oxygens (including phenoxy) is 1. The molecule has 0 bridgehead atoms. The van der Waals surface area contributed by atoms with Crippen LogP contribution < -0.4 is 5.73 Å². The maximum absolute atomic E-state index is 11.7. The van der Waals surface area contributed by atoms with E-state index in [9.17, 15) is 4.79 Å². The summed E-state index contributed by atoms with van der Waals surface area (Å²) in [5, 5.41) is 0.